The molecule has 1 aromatic rings. The average Bonchev–Trinajstić information content (AvgIpc) is 2.95. The van der Waals surface area contributed by atoms with Gasteiger partial charge in [0.2, 0.25) is 0 Å². The molecule has 5 nitrogen and oxygen atoms in total. The number of likely N-dealkylation sites (tertiary alicyclic amines) is 1. The van der Waals surface area contributed by atoms with E-state index in [1.54, 1.807) is 6.07 Å². The Morgan fingerprint density at radius 2 is 2.16 bits per heavy atom. The van der Waals surface area contributed by atoms with Gasteiger partial charge in [-0.25, -0.2) is 0 Å². The first kappa shape index (κ1) is 16.9. The van der Waals surface area contributed by atoms with Crippen molar-refractivity contribution in [3.05, 3.63) is 35.9 Å². The van der Waals surface area contributed by atoms with Crippen molar-refractivity contribution < 1.29 is 20.1 Å². The van der Waals surface area contributed by atoms with Gasteiger partial charge in [0.25, 0.3) is 0 Å². The number of hydrogen-bond donors (Lipinski definition) is 3. The number of fused-ring (bicyclic) bond motifs is 1. The van der Waals surface area contributed by atoms with Crippen LogP contribution < -0.4 is 4.74 Å². The average molecular weight is 345 g/mol. The number of aliphatic hydroxyl groups is 2. The maximum Gasteiger partial charge on any atom is 0.165 e. The van der Waals surface area contributed by atoms with Crippen molar-refractivity contribution in [2.75, 3.05) is 13.1 Å². The van der Waals surface area contributed by atoms with Gasteiger partial charge in [0, 0.05) is 18.2 Å². The van der Waals surface area contributed by atoms with Gasteiger partial charge in [0.1, 0.15) is 6.10 Å². The van der Waals surface area contributed by atoms with Crippen molar-refractivity contribution in [1.82, 2.24) is 4.90 Å². The van der Waals surface area contributed by atoms with Gasteiger partial charge in [-0.3, -0.25) is 4.90 Å². The zero-order chi connectivity index (χ0) is 18.0. The summed E-state index contributed by atoms with van der Waals surface area (Å²) in [6, 6.07) is 3.41. The molecule has 136 valence electrons. The number of aromatic hydroxyl groups is 1. The van der Waals surface area contributed by atoms with Crippen molar-refractivity contribution in [2.24, 2.45) is 0 Å². The molecule has 1 aliphatic carbocycles. The van der Waals surface area contributed by atoms with E-state index in [0.29, 0.717) is 25.0 Å². The van der Waals surface area contributed by atoms with Gasteiger partial charge >= 0.3 is 0 Å². The van der Waals surface area contributed by atoms with Crippen molar-refractivity contribution >= 4 is 0 Å². The van der Waals surface area contributed by atoms with Gasteiger partial charge in [-0.05, 0) is 51.3 Å². The normalized spacial score (nSPS) is 39.9. The summed E-state index contributed by atoms with van der Waals surface area (Å²) in [5.74, 6) is 0.522. The molecule has 0 aromatic heterocycles. The van der Waals surface area contributed by atoms with Crippen molar-refractivity contribution in [1.29, 1.82) is 0 Å². The highest BCUT2D eigenvalue weighted by Gasteiger charge is 2.70. The second kappa shape index (κ2) is 5.47. The van der Waals surface area contributed by atoms with Crippen molar-refractivity contribution in [3.63, 3.8) is 0 Å². The minimum Gasteiger partial charge on any atom is -0.504 e. The number of rotatable bonds is 2. The molecule has 0 bridgehead atoms. The fourth-order valence-electron chi connectivity index (χ4n) is 5.62. The van der Waals surface area contributed by atoms with Crippen LogP contribution in [0.25, 0.3) is 0 Å². The largest absolute Gasteiger partial charge is 0.504 e. The number of aryl methyl sites for hydroxylation is 1. The van der Waals surface area contributed by atoms with E-state index in [1.165, 1.54) is 0 Å². The molecule has 1 aromatic carbocycles. The molecule has 25 heavy (non-hydrogen) atoms. The Hall–Kier alpha value is -1.56. The van der Waals surface area contributed by atoms with E-state index in [1.807, 2.05) is 19.1 Å². The topological polar surface area (TPSA) is 73.2 Å². The Kier molecular flexibility index (Phi) is 3.69. The standard InChI is InChI=1S/C20H27NO4/c1-4-10-21-11-9-19-16-12(2)5-6-14(22)17(16)25-18(19)15(23)7-8-20(19,24)13(21)3/h4-6,13,15,18,22-24H,1,7-11H2,2-3H3/t13-,15-,18+,19+,20-/m1/s1. The lowest BCUT2D eigenvalue weighted by Gasteiger charge is -2.60. The van der Waals surface area contributed by atoms with Crippen LogP contribution in [-0.2, 0) is 5.41 Å². The first-order valence-electron chi connectivity index (χ1n) is 9.12. The third kappa shape index (κ3) is 1.94. The summed E-state index contributed by atoms with van der Waals surface area (Å²) < 4.78 is 6.11. The fourth-order valence-corrected chi connectivity index (χ4v) is 5.62. The highest BCUT2D eigenvalue weighted by molar-refractivity contribution is 5.60. The number of benzene rings is 1. The third-order valence-corrected chi connectivity index (χ3v) is 6.86. The zero-order valence-corrected chi connectivity index (χ0v) is 14.9. The maximum atomic E-state index is 11.9. The van der Waals surface area contributed by atoms with Crippen LogP contribution in [0.15, 0.2) is 24.8 Å². The zero-order valence-electron chi connectivity index (χ0n) is 14.9. The van der Waals surface area contributed by atoms with Crippen LogP contribution in [0.2, 0.25) is 0 Å². The van der Waals surface area contributed by atoms with Crippen LogP contribution in [0.5, 0.6) is 11.5 Å². The van der Waals surface area contributed by atoms with Crippen LogP contribution in [0, 0.1) is 6.92 Å². The van der Waals surface area contributed by atoms with E-state index in [4.69, 9.17) is 4.74 Å². The SMILES string of the molecule is C=CCN1CC[C@]23c4c(C)ccc(O)c4O[C@H]2[C@H](O)CC[C@@]3(O)[C@H]1C. The molecule has 0 amide bonds. The first-order chi connectivity index (χ1) is 11.9. The summed E-state index contributed by atoms with van der Waals surface area (Å²) in [6.07, 6.45) is 2.37. The van der Waals surface area contributed by atoms with Gasteiger partial charge in [0.05, 0.1) is 17.1 Å². The van der Waals surface area contributed by atoms with Crippen LogP contribution in [0.4, 0.5) is 0 Å². The molecular formula is C20H27NO4. The highest BCUT2D eigenvalue weighted by Crippen LogP contribution is 2.62. The first-order valence-corrected chi connectivity index (χ1v) is 9.12. The summed E-state index contributed by atoms with van der Waals surface area (Å²) in [6.45, 7) is 9.38. The number of ether oxygens (including phenoxy) is 1. The number of hydrogen-bond acceptors (Lipinski definition) is 5. The number of piperidine rings is 1. The lowest BCUT2D eigenvalue weighted by molar-refractivity contribution is -0.198. The van der Waals surface area contributed by atoms with Gasteiger partial charge in [0.15, 0.2) is 11.5 Å². The molecule has 1 spiro atoms. The van der Waals surface area contributed by atoms with Gasteiger partial charge in [-0.1, -0.05) is 12.1 Å². The molecule has 0 unspecified atom stereocenters. The Morgan fingerprint density at radius 3 is 2.88 bits per heavy atom. The van der Waals surface area contributed by atoms with Crippen LogP contribution in [0.3, 0.4) is 0 Å². The molecule has 1 saturated carbocycles. The molecule has 2 heterocycles. The number of phenolic OH excluding ortho intramolecular Hbond substituents is 1. The molecule has 4 rings (SSSR count). The van der Waals surface area contributed by atoms with Crippen molar-refractivity contribution in [3.8, 4) is 11.5 Å². The summed E-state index contributed by atoms with van der Waals surface area (Å²) in [7, 11) is 0. The summed E-state index contributed by atoms with van der Waals surface area (Å²) in [5, 5.41) is 33.0. The molecule has 2 fully saturated rings. The van der Waals surface area contributed by atoms with Crippen molar-refractivity contribution in [2.45, 2.75) is 62.4 Å². The number of aliphatic hydroxyl groups excluding tert-OH is 1. The van der Waals surface area contributed by atoms with E-state index in [0.717, 1.165) is 24.2 Å². The quantitative estimate of drug-likeness (QED) is 0.714. The summed E-state index contributed by atoms with van der Waals surface area (Å²) >= 11 is 0. The molecular weight excluding hydrogens is 318 g/mol. The molecule has 0 radical (unpaired) electrons. The smallest absolute Gasteiger partial charge is 0.165 e. The minimum absolute atomic E-state index is 0.0834. The van der Waals surface area contributed by atoms with Crippen LogP contribution in [-0.4, -0.2) is 57.2 Å². The minimum atomic E-state index is -1.03. The molecule has 5 heteroatoms. The second-order valence-corrected chi connectivity index (χ2v) is 7.86. The predicted octanol–water partition coefficient (Wildman–Crippen LogP) is 1.87. The van der Waals surface area contributed by atoms with Crippen LogP contribution >= 0.6 is 0 Å². The Labute approximate surface area is 148 Å². The summed E-state index contributed by atoms with van der Waals surface area (Å²) in [5.41, 5.74) is 0.151. The van der Waals surface area contributed by atoms with Gasteiger partial charge < -0.3 is 20.1 Å². The van der Waals surface area contributed by atoms with Gasteiger partial charge in [-0.15, -0.1) is 6.58 Å². The molecule has 1 saturated heterocycles. The lowest BCUT2D eigenvalue weighted by Crippen LogP contribution is -2.74. The fraction of sp³-hybridized carbons (Fsp3) is 0.600. The Bertz CT molecular complexity index is 720. The second-order valence-electron chi connectivity index (χ2n) is 7.86. The monoisotopic (exact) mass is 345 g/mol. The highest BCUT2D eigenvalue weighted by atomic mass is 16.5. The number of nitrogens with zero attached hydrogens (tertiary/aromatic N) is 1. The van der Waals surface area contributed by atoms with E-state index >= 15 is 0 Å². The van der Waals surface area contributed by atoms with Crippen LogP contribution in [0.1, 0.15) is 37.3 Å². The van der Waals surface area contributed by atoms with E-state index in [9.17, 15) is 15.3 Å². The third-order valence-electron chi connectivity index (χ3n) is 6.86. The van der Waals surface area contributed by atoms with Gasteiger partial charge in [-0.2, -0.15) is 0 Å². The Morgan fingerprint density at radius 1 is 1.40 bits per heavy atom. The molecule has 3 aliphatic rings. The van der Waals surface area contributed by atoms with E-state index in [2.05, 4.69) is 18.4 Å². The number of phenols is 1. The molecule has 2 aliphatic heterocycles. The van der Waals surface area contributed by atoms with E-state index in [-0.39, 0.29) is 11.8 Å². The molecule has 3 N–H and O–H groups in total. The van der Waals surface area contributed by atoms with E-state index < -0.39 is 23.2 Å². The predicted molar refractivity (Wildman–Crippen MR) is 95.0 cm³/mol. The summed E-state index contributed by atoms with van der Waals surface area (Å²) in [4.78, 5) is 2.24. The maximum absolute atomic E-state index is 11.9. The Balaban J connectivity index is 1.93. The molecule has 5 atom stereocenters. The lowest BCUT2D eigenvalue weighted by atomic mass is 9.52.